The molecule has 0 unspecified atom stereocenters. The van der Waals surface area contributed by atoms with Crippen molar-refractivity contribution in [1.82, 2.24) is 14.7 Å². The Morgan fingerprint density at radius 1 is 1.07 bits per heavy atom. The molecule has 0 atom stereocenters. The number of hydrogen-bond donors (Lipinski definition) is 0. The lowest BCUT2D eigenvalue weighted by Gasteiger charge is -2.29. The number of methoxy groups -OCH3 is 2. The Labute approximate surface area is 164 Å². The molecule has 28 heavy (non-hydrogen) atoms. The van der Waals surface area contributed by atoms with E-state index in [0.29, 0.717) is 25.3 Å². The molecule has 2 aromatic carbocycles. The Bertz CT molecular complexity index is 965. The maximum absolute atomic E-state index is 12.8. The third kappa shape index (κ3) is 3.58. The van der Waals surface area contributed by atoms with Crippen LogP contribution >= 0.6 is 0 Å². The van der Waals surface area contributed by atoms with E-state index < -0.39 is 0 Å². The first-order valence-electron chi connectivity index (χ1n) is 9.28. The molecule has 144 valence electrons. The second-order valence-electron chi connectivity index (χ2n) is 6.84. The Balaban J connectivity index is 1.45. The predicted octanol–water partition coefficient (Wildman–Crippen LogP) is 3.02. The molecule has 1 aromatic heterocycles. The van der Waals surface area contributed by atoms with E-state index in [1.807, 2.05) is 53.6 Å². The number of ether oxygens (including phenoxy) is 2. The highest BCUT2D eigenvalue weighted by Crippen LogP contribution is 2.33. The smallest absolute Gasteiger partial charge is 0.227 e. The van der Waals surface area contributed by atoms with Crippen molar-refractivity contribution in [2.45, 2.75) is 19.4 Å². The number of carbonyl (C=O) groups is 1. The molecule has 1 aliphatic rings. The van der Waals surface area contributed by atoms with Gasteiger partial charge in [0.15, 0.2) is 11.5 Å². The number of carbonyl (C=O) groups excluding carboxylic acids is 1. The van der Waals surface area contributed by atoms with E-state index in [4.69, 9.17) is 9.47 Å². The molecule has 4 rings (SSSR count). The summed E-state index contributed by atoms with van der Waals surface area (Å²) in [6, 6.07) is 13.8. The summed E-state index contributed by atoms with van der Waals surface area (Å²) in [4.78, 5) is 14.7. The molecular weight excluding hydrogens is 354 g/mol. The largest absolute Gasteiger partial charge is 0.493 e. The van der Waals surface area contributed by atoms with Gasteiger partial charge in [0.25, 0.3) is 0 Å². The molecular formula is C22H23N3O3. The van der Waals surface area contributed by atoms with Gasteiger partial charge in [-0.3, -0.25) is 4.79 Å². The molecule has 0 radical (unpaired) electrons. The van der Waals surface area contributed by atoms with Crippen LogP contribution in [0.3, 0.4) is 0 Å². The Morgan fingerprint density at radius 3 is 2.43 bits per heavy atom. The van der Waals surface area contributed by atoms with Crippen molar-refractivity contribution in [3.05, 3.63) is 71.5 Å². The van der Waals surface area contributed by atoms with Gasteiger partial charge in [0.1, 0.15) is 0 Å². The van der Waals surface area contributed by atoms with Crippen LogP contribution in [0.1, 0.15) is 16.7 Å². The summed E-state index contributed by atoms with van der Waals surface area (Å²) in [5, 5.41) is 4.22. The number of fused-ring (bicyclic) bond motifs is 1. The molecule has 3 aromatic rings. The van der Waals surface area contributed by atoms with Crippen LogP contribution in [-0.2, 0) is 24.2 Å². The van der Waals surface area contributed by atoms with E-state index in [1.54, 1.807) is 25.1 Å². The molecule has 0 bridgehead atoms. The Morgan fingerprint density at radius 2 is 1.79 bits per heavy atom. The summed E-state index contributed by atoms with van der Waals surface area (Å²) >= 11 is 0. The summed E-state index contributed by atoms with van der Waals surface area (Å²) in [6.45, 7) is 1.31. The van der Waals surface area contributed by atoms with Gasteiger partial charge in [0.2, 0.25) is 5.91 Å². The van der Waals surface area contributed by atoms with Gasteiger partial charge in [-0.1, -0.05) is 12.1 Å². The monoisotopic (exact) mass is 377 g/mol. The fourth-order valence-electron chi connectivity index (χ4n) is 3.57. The second kappa shape index (κ2) is 7.76. The summed E-state index contributed by atoms with van der Waals surface area (Å²) in [6.07, 6.45) is 4.85. The number of hydrogen-bond acceptors (Lipinski definition) is 4. The minimum absolute atomic E-state index is 0.132. The lowest BCUT2D eigenvalue weighted by molar-refractivity contribution is -0.131. The highest BCUT2D eigenvalue weighted by atomic mass is 16.5. The molecule has 0 saturated heterocycles. The summed E-state index contributed by atoms with van der Waals surface area (Å²) in [5.41, 5.74) is 4.31. The van der Waals surface area contributed by atoms with E-state index in [-0.39, 0.29) is 5.91 Å². The van der Waals surface area contributed by atoms with Crippen molar-refractivity contribution < 1.29 is 14.3 Å². The van der Waals surface area contributed by atoms with Crippen molar-refractivity contribution in [2.24, 2.45) is 0 Å². The van der Waals surface area contributed by atoms with Crippen LogP contribution in [0.5, 0.6) is 11.5 Å². The van der Waals surface area contributed by atoms with Crippen molar-refractivity contribution in [3.8, 4) is 17.2 Å². The third-order valence-corrected chi connectivity index (χ3v) is 5.13. The normalized spacial score (nSPS) is 13.1. The molecule has 0 aliphatic carbocycles. The molecule has 0 spiro atoms. The molecule has 6 nitrogen and oxygen atoms in total. The average Bonchev–Trinajstić information content (AvgIpc) is 3.27. The van der Waals surface area contributed by atoms with Gasteiger partial charge < -0.3 is 14.4 Å². The van der Waals surface area contributed by atoms with Gasteiger partial charge in [-0.25, -0.2) is 4.68 Å². The van der Waals surface area contributed by atoms with Crippen LogP contribution in [0.4, 0.5) is 0 Å². The van der Waals surface area contributed by atoms with E-state index in [0.717, 1.165) is 29.0 Å². The SMILES string of the molecule is COc1cc2c(cc1OC)CN(C(=O)Cc1ccc(-n3cccn3)cc1)CC2. The van der Waals surface area contributed by atoms with Gasteiger partial charge in [0, 0.05) is 25.5 Å². The van der Waals surface area contributed by atoms with E-state index in [2.05, 4.69) is 5.10 Å². The van der Waals surface area contributed by atoms with Crippen LogP contribution in [-0.4, -0.2) is 41.4 Å². The minimum Gasteiger partial charge on any atom is -0.493 e. The van der Waals surface area contributed by atoms with Crippen LogP contribution in [0, 0.1) is 0 Å². The summed E-state index contributed by atoms with van der Waals surface area (Å²) < 4.78 is 12.6. The first kappa shape index (κ1) is 18.1. The van der Waals surface area contributed by atoms with E-state index >= 15 is 0 Å². The zero-order valence-electron chi connectivity index (χ0n) is 16.1. The molecule has 0 fully saturated rings. The average molecular weight is 377 g/mol. The number of nitrogens with zero attached hydrogens (tertiary/aromatic N) is 3. The molecule has 6 heteroatoms. The molecule has 0 saturated carbocycles. The first-order valence-corrected chi connectivity index (χ1v) is 9.28. The Kier molecular flexibility index (Phi) is 5.02. The van der Waals surface area contributed by atoms with E-state index in [9.17, 15) is 4.79 Å². The van der Waals surface area contributed by atoms with Gasteiger partial charge in [-0.15, -0.1) is 0 Å². The second-order valence-corrected chi connectivity index (χ2v) is 6.84. The summed E-state index contributed by atoms with van der Waals surface area (Å²) in [7, 11) is 3.27. The highest BCUT2D eigenvalue weighted by molar-refractivity contribution is 5.79. The molecule has 0 N–H and O–H groups in total. The third-order valence-electron chi connectivity index (χ3n) is 5.13. The van der Waals surface area contributed by atoms with Gasteiger partial charge in [-0.2, -0.15) is 5.10 Å². The van der Waals surface area contributed by atoms with Crippen LogP contribution in [0.25, 0.3) is 5.69 Å². The standard InChI is InChI=1S/C22H23N3O3/c1-27-20-13-17-8-11-24(15-18(17)14-21(20)28-2)22(26)12-16-4-6-19(7-5-16)25-10-3-9-23-25/h3-7,9-10,13-14H,8,11-12,15H2,1-2H3. The topological polar surface area (TPSA) is 56.6 Å². The number of aromatic nitrogens is 2. The maximum atomic E-state index is 12.8. The lowest BCUT2D eigenvalue weighted by atomic mass is 9.98. The van der Waals surface area contributed by atoms with Crippen molar-refractivity contribution >= 4 is 5.91 Å². The molecule has 1 aliphatic heterocycles. The van der Waals surface area contributed by atoms with Crippen LogP contribution in [0.15, 0.2) is 54.9 Å². The highest BCUT2D eigenvalue weighted by Gasteiger charge is 2.23. The van der Waals surface area contributed by atoms with Crippen molar-refractivity contribution in [2.75, 3.05) is 20.8 Å². The minimum atomic E-state index is 0.132. The number of amides is 1. The fraction of sp³-hybridized carbons (Fsp3) is 0.273. The Hall–Kier alpha value is -3.28. The number of rotatable bonds is 5. The maximum Gasteiger partial charge on any atom is 0.227 e. The van der Waals surface area contributed by atoms with Crippen molar-refractivity contribution in [3.63, 3.8) is 0 Å². The van der Waals surface area contributed by atoms with Crippen LogP contribution in [0.2, 0.25) is 0 Å². The fourth-order valence-corrected chi connectivity index (χ4v) is 3.57. The number of benzene rings is 2. The summed E-state index contributed by atoms with van der Waals surface area (Å²) in [5.74, 6) is 1.57. The zero-order chi connectivity index (χ0) is 19.5. The van der Waals surface area contributed by atoms with Gasteiger partial charge >= 0.3 is 0 Å². The van der Waals surface area contributed by atoms with Gasteiger partial charge in [0.05, 0.1) is 26.3 Å². The molecule has 1 amide bonds. The van der Waals surface area contributed by atoms with Crippen molar-refractivity contribution in [1.29, 1.82) is 0 Å². The van der Waals surface area contributed by atoms with Gasteiger partial charge in [-0.05, 0) is 53.4 Å². The van der Waals surface area contributed by atoms with Crippen LogP contribution < -0.4 is 9.47 Å². The lowest BCUT2D eigenvalue weighted by Crippen LogP contribution is -2.36. The predicted molar refractivity (Wildman–Crippen MR) is 106 cm³/mol. The quantitative estimate of drug-likeness (QED) is 0.686. The zero-order valence-corrected chi connectivity index (χ0v) is 16.1. The first-order chi connectivity index (χ1) is 13.7. The van der Waals surface area contributed by atoms with E-state index in [1.165, 1.54) is 5.56 Å². The molecule has 2 heterocycles.